The molecule has 2 aromatic rings. The van der Waals surface area contributed by atoms with E-state index in [2.05, 4.69) is 30.7 Å². The summed E-state index contributed by atoms with van der Waals surface area (Å²) in [7, 11) is 0. The number of anilines is 1. The van der Waals surface area contributed by atoms with Crippen LogP contribution in [0.3, 0.4) is 0 Å². The largest absolute Gasteiger partial charge is 0.491 e. The van der Waals surface area contributed by atoms with Gasteiger partial charge >= 0.3 is 0 Å². The average Bonchev–Trinajstić information content (AvgIpc) is 3.09. The second-order valence-corrected chi connectivity index (χ2v) is 7.31. The maximum absolute atomic E-state index is 10.2. The van der Waals surface area contributed by atoms with Crippen molar-refractivity contribution in [2.75, 3.05) is 44.2 Å². The van der Waals surface area contributed by atoms with Crippen LogP contribution in [0, 0.1) is 0 Å². The molecule has 1 aromatic carbocycles. The summed E-state index contributed by atoms with van der Waals surface area (Å²) < 4.78 is 6.65. The van der Waals surface area contributed by atoms with Gasteiger partial charge in [-0.3, -0.25) is 4.90 Å². The van der Waals surface area contributed by atoms with Crippen molar-refractivity contribution in [2.45, 2.75) is 6.10 Å². The molecule has 23 heavy (non-hydrogen) atoms. The molecule has 124 valence electrons. The Kier molecular flexibility index (Phi) is 5.88. The molecule has 3 rings (SSSR count). The van der Waals surface area contributed by atoms with Gasteiger partial charge in [0.25, 0.3) is 0 Å². The molecule has 0 unspecified atom stereocenters. The Balaban J connectivity index is 1.39. The molecule has 1 atom stereocenters. The second kappa shape index (κ2) is 8.10. The maximum Gasteiger partial charge on any atom is 0.185 e. The molecule has 5 nitrogen and oxygen atoms in total. The van der Waals surface area contributed by atoms with Crippen LogP contribution in [0.2, 0.25) is 0 Å². The highest BCUT2D eigenvalue weighted by atomic mass is 79.9. The number of piperazine rings is 1. The number of β-amino-alcohol motifs (C(OH)–C–C–N with tert-alkyl or cyclic N) is 1. The van der Waals surface area contributed by atoms with Gasteiger partial charge in [0.2, 0.25) is 0 Å². The first kappa shape index (κ1) is 16.7. The molecular formula is C16H20BrN3O2S. The van der Waals surface area contributed by atoms with Crippen molar-refractivity contribution in [1.82, 2.24) is 9.88 Å². The van der Waals surface area contributed by atoms with Gasteiger partial charge in [0, 0.05) is 48.8 Å². The number of halogens is 1. The zero-order chi connectivity index (χ0) is 16.1. The van der Waals surface area contributed by atoms with E-state index >= 15 is 0 Å². The fourth-order valence-electron chi connectivity index (χ4n) is 2.57. The summed E-state index contributed by atoms with van der Waals surface area (Å²) in [6, 6.07) is 7.65. The molecule has 1 saturated heterocycles. The molecular weight excluding hydrogens is 378 g/mol. The van der Waals surface area contributed by atoms with Crippen molar-refractivity contribution in [1.29, 1.82) is 0 Å². The lowest BCUT2D eigenvalue weighted by Gasteiger charge is -2.35. The van der Waals surface area contributed by atoms with Crippen molar-refractivity contribution in [3.8, 4) is 5.75 Å². The Labute approximate surface area is 148 Å². The number of ether oxygens (including phenoxy) is 1. The Bertz CT molecular complexity index is 586. The van der Waals surface area contributed by atoms with Crippen LogP contribution >= 0.6 is 27.3 Å². The molecule has 2 heterocycles. The third-order valence-corrected chi connectivity index (χ3v) is 5.15. The summed E-state index contributed by atoms with van der Waals surface area (Å²) in [4.78, 5) is 8.92. The fraction of sp³-hybridized carbons (Fsp3) is 0.438. The maximum atomic E-state index is 10.2. The van der Waals surface area contributed by atoms with E-state index in [1.54, 1.807) is 11.3 Å². The predicted octanol–water partition coefficient (Wildman–Crippen LogP) is 2.47. The van der Waals surface area contributed by atoms with Crippen molar-refractivity contribution in [2.24, 2.45) is 0 Å². The van der Waals surface area contributed by atoms with Gasteiger partial charge in [0.1, 0.15) is 18.5 Å². The summed E-state index contributed by atoms with van der Waals surface area (Å²) >= 11 is 5.07. The molecule has 0 spiro atoms. The summed E-state index contributed by atoms with van der Waals surface area (Å²) in [5, 5.41) is 13.3. The van der Waals surface area contributed by atoms with Crippen molar-refractivity contribution >= 4 is 32.4 Å². The number of aliphatic hydroxyl groups is 1. The summed E-state index contributed by atoms with van der Waals surface area (Å²) in [6.45, 7) is 4.74. The first-order valence-corrected chi connectivity index (χ1v) is 9.31. The van der Waals surface area contributed by atoms with Crippen LogP contribution in [0.15, 0.2) is 40.3 Å². The number of hydrogen-bond acceptors (Lipinski definition) is 6. The van der Waals surface area contributed by atoms with Gasteiger partial charge in [-0.15, -0.1) is 11.3 Å². The second-order valence-electron chi connectivity index (χ2n) is 5.52. The van der Waals surface area contributed by atoms with Crippen molar-refractivity contribution in [3.63, 3.8) is 0 Å². The average molecular weight is 398 g/mol. The molecule has 1 aliphatic heterocycles. The highest BCUT2D eigenvalue weighted by Gasteiger charge is 2.20. The molecule has 1 aliphatic rings. The van der Waals surface area contributed by atoms with Gasteiger partial charge in [0.05, 0.1) is 0 Å². The highest BCUT2D eigenvalue weighted by molar-refractivity contribution is 9.10. The lowest BCUT2D eigenvalue weighted by molar-refractivity contribution is 0.0663. The van der Waals surface area contributed by atoms with E-state index < -0.39 is 6.10 Å². The van der Waals surface area contributed by atoms with Crippen LogP contribution in [-0.4, -0.2) is 60.4 Å². The first-order valence-electron chi connectivity index (χ1n) is 7.64. The zero-order valence-electron chi connectivity index (χ0n) is 12.8. The van der Waals surface area contributed by atoms with E-state index in [1.165, 1.54) is 0 Å². The van der Waals surface area contributed by atoms with Gasteiger partial charge in [-0.2, -0.15) is 0 Å². The van der Waals surface area contributed by atoms with Gasteiger partial charge in [-0.05, 0) is 24.3 Å². The minimum Gasteiger partial charge on any atom is -0.491 e. The molecule has 1 aromatic heterocycles. The van der Waals surface area contributed by atoms with E-state index in [4.69, 9.17) is 4.74 Å². The van der Waals surface area contributed by atoms with Crippen LogP contribution in [0.1, 0.15) is 0 Å². The van der Waals surface area contributed by atoms with Crippen LogP contribution in [0.25, 0.3) is 0 Å². The summed E-state index contributed by atoms with van der Waals surface area (Å²) in [5.41, 5.74) is 0. The molecule has 0 amide bonds. The smallest absolute Gasteiger partial charge is 0.185 e. The predicted molar refractivity (Wildman–Crippen MR) is 96.4 cm³/mol. The number of benzene rings is 1. The molecule has 0 bridgehead atoms. The molecule has 1 fully saturated rings. The lowest BCUT2D eigenvalue weighted by Crippen LogP contribution is -2.49. The Hall–Kier alpha value is -1.15. The van der Waals surface area contributed by atoms with E-state index in [0.717, 1.165) is 41.5 Å². The van der Waals surface area contributed by atoms with Crippen LogP contribution in [0.5, 0.6) is 5.75 Å². The van der Waals surface area contributed by atoms with Gasteiger partial charge in [-0.25, -0.2) is 4.98 Å². The highest BCUT2D eigenvalue weighted by Crippen LogP contribution is 2.19. The normalized spacial score (nSPS) is 17.2. The van der Waals surface area contributed by atoms with E-state index in [1.807, 2.05) is 35.8 Å². The zero-order valence-corrected chi connectivity index (χ0v) is 15.2. The molecule has 1 N–H and O–H groups in total. The van der Waals surface area contributed by atoms with Gasteiger partial charge < -0.3 is 14.7 Å². The standard InChI is InChI=1S/C16H20BrN3O2S/c17-13-1-3-15(4-2-13)22-12-14(21)11-19-6-8-20(9-7-19)16-18-5-10-23-16/h1-5,10,14,21H,6-9,11-12H2/t14-/m1/s1. The van der Waals surface area contributed by atoms with Crippen molar-refractivity contribution in [3.05, 3.63) is 40.3 Å². The number of aliphatic hydroxyl groups excluding tert-OH is 1. The third kappa shape index (κ3) is 4.91. The topological polar surface area (TPSA) is 48.8 Å². The summed E-state index contributed by atoms with van der Waals surface area (Å²) in [5.74, 6) is 0.779. The number of aromatic nitrogens is 1. The Morgan fingerprint density at radius 3 is 2.61 bits per heavy atom. The molecule has 0 radical (unpaired) electrons. The summed E-state index contributed by atoms with van der Waals surface area (Å²) in [6.07, 6.45) is 1.36. The number of thiazole rings is 1. The number of nitrogens with zero attached hydrogens (tertiary/aromatic N) is 3. The third-order valence-electron chi connectivity index (χ3n) is 3.79. The molecule has 0 saturated carbocycles. The van der Waals surface area contributed by atoms with Crippen LogP contribution in [-0.2, 0) is 0 Å². The minimum absolute atomic E-state index is 0.314. The monoisotopic (exact) mass is 397 g/mol. The Morgan fingerprint density at radius 2 is 1.96 bits per heavy atom. The number of hydrogen-bond donors (Lipinski definition) is 1. The quantitative estimate of drug-likeness (QED) is 0.810. The number of rotatable bonds is 6. The Morgan fingerprint density at radius 1 is 1.22 bits per heavy atom. The van der Waals surface area contributed by atoms with E-state index in [-0.39, 0.29) is 0 Å². The SMILES string of the molecule is O[C@@H](COc1ccc(Br)cc1)CN1CCN(c2nccs2)CC1. The van der Waals surface area contributed by atoms with Gasteiger partial charge in [0.15, 0.2) is 5.13 Å². The van der Waals surface area contributed by atoms with E-state index in [9.17, 15) is 5.11 Å². The lowest BCUT2D eigenvalue weighted by atomic mass is 10.2. The van der Waals surface area contributed by atoms with E-state index in [0.29, 0.717) is 13.2 Å². The van der Waals surface area contributed by atoms with Crippen LogP contribution in [0.4, 0.5) is 5.13 Å². The van der Waals surface area contributed by atoms with Crippen molar-refractivity contribution < 1.29 is 9.84 Å². The van der Waals surface area contributed by atoms with Gasteiger partial charge in [-0.1, -0.05) is 15.9 Å². The first-order chi connectivity index (χ1) is 11.2. The van der Waals surface area contributed by atoms with Crippen LogP contribution < -0.4 is 9.64 Å². The molecule has 0 aliphatic carbocycles. The minimum atomic E-state index is -0.481. The molecule has 7 heteroatoms. The fourth-order valence-corrected chi connectivity index (χ4v) is 3.53.